The minimum Gasteiger partial charge on any atom is -0.481 e. The summed E-state index contributed by atoms with van der Waals surface area (Å²) in [5.74, 6) is -2.02. The van der Waals surface area contributed by atoms with Gasteiger partial charge in [-0.1, -0.05) is 48.5 Å². The van der Waals surface area contributed by atoms with E-state index in [-0.39, 0.29) is 37.8 Å². The average Bonchev–Trinajstić information content (AvgIpc) is 3.15. The van der Waals surface area contributed by atoms with Crippen LogP contribution < -0.4 is 10.6 Å². The summed E-state index contributed by atoms with van der Waals surface area (Å²) in [6.45, 7) is 2.24. The number of benzene rings is 2. The first kappa shape index (κ1) is 23.3. The lowest BCUT2D eigenvalue weighted by Gasteiger charge is -2.35. The number of carbonyl (C=O) groups is 4. The summed E-state index contributed by atoms with van der Waals surface area (Å²) in [5, 5.41) is 14.3. The lowest BCUT2D eigenvalue weighted by molar-refractivity contribution is -0.144. The molecule has 1 fully saturated rings. The smallest absolute Gasteiger partial charge is 0.407 e. The number of fused-ring (bicyclic) bond motifs is 3. The molecule has 0 spiro atoms. The van der Waals surface area contributed by atoms with Crippen molar-refractivity contribution in [2.45, 2.75) is 37.8 Å². The highest BCUT2D eigenvalue weighted by Crippen LogP contribution is 2.44. The molecule has 0 aromatic heterocycles. The van der Waals surface area contributed by atoms with E-state index < -0.39 is 30.1 Å². The highest BCUT2D eigenvalue weighted by Gasteiger charge is 2.35. The zero-order chi connectivity index (χ0) is 24.2. The molecule has 3 N–H and O–H groups in total. The molecule has 9 heteroatoms. The molecule has 178 valence electrons. The Morgan fingerprint density at radius 1 is 1.12 bits per heavy atom. The van der Waals surface area contributed by atoms with E-state index in [1.54, 1.807) is 6.92 Å². The Morgan fingerprint density at radius 3 is 2.35 bits per heavy atom. The van der Waals surface area contributed by atoms with E-state index in [0.717, 1.165) is 22.3 Å². The van der Waals surface area contributed by atoms with E-state index in [0.29, 0.717) is 6.54 Å². The molecule has 3 amide bonds. The Labute approximate surface area is 197 Å². The number of piperazine rings is 1. The third-order valence-corrected chi connectivity index (χ3v) is 6.36. The number of nitrogens with zero attached hydrogens (tertiary/aromatic N) is 1. The van der Waals surface area contributed by atoms with Gasteiger partial charge < -0.3 is 25.4 Å². The number of alkyl carbamates (subject to hydrolysis) is 1. The Hall–Kier alpha value is -3.88. The number of aliphatic carboxylic acids is 1. The van der Waals surface area contributed by atoms with Crippen molar-refractivity contribution in [2.24, 2.45) is 0 Å². The van der Waals surface area contributed by atoms with E-state index in [4.69, 9.17) is 9.84 Å². The number of rotatable bonds is 7. The third-order valence-electron chi connectivity index (χ3n) is 6.36. The molecule has 4 rings (SSSR count). The Morgan fingerprint density at radius 2 is 1.74 bits per heavy atom. The van der Waals surface area contributed by atoms with E-state index >= 15 is 0 Å². The maximum atomic E-state index is 13.1. The van der Waals surface area contributed by atoms with E-state index in [1.807, 2.05) is 48.5 Å². The summed E-state index contributed by atoms with van der Waals surface area (Å²) < 4.78 is 5.51. The second-order valence-corrected chi connectivity index (χ2v) is 8.45. The molecule has 34 heavy (non-hydrogen) atoms. The molecule has 1 aliphatic heterocycles. The van der Waals surface area contributed by atoms with Crippen LogP contribution in [-0.4, -0.2) is 65.7 Å². The zero-order valence-corrected chi connectivity index (χ0v) is 18.8. The fourth-order valence-electron chi connectivity index (χ4n) is 4.59. The molecule has 2 aromatic carbocycles. The van der Waals surface area contributed by atoms with Gasteiger partial charge in [0.25, 0.3) is 0 Å². The minimum atomic E-state index is -1.11. The monoisotopic (exact) mass is 465 g/mol. The van der Waals surface area contributed by atoms with Crippen LogP contribution >= 0.6 is 0 Å². The van der Waals surface area contributed by atoms with Crippen LogP contribution in [0.2, 0.25) is 0 Å². The van der Waals surface area contributed by atoms with Gasteiger partial charge in [0.15, 0.2) is 0 Å². The van der Waals surface area contributed by atoms with Crippen molar-refractivity contribution in [3.63, 3.8) is 0 Å². The van der Waals surface area contributed by atoms with E-state index in [2.05, 4.69) is 10.6 Å². The first-order valence-electron chi connectivity index (χ1n) is 11.3. The van der Waals surface area contributed by atoms with Gasteiger partial charge in [0.2, 0.25) is 11.8 Å². The van der Waals surface area contributed by atoms with Crippen LogP contribution in [0.3, 0.4) is 0 Å². The van der Waals surface area contributed by atoms with Crippen molar-refractivity contribution in [1.29, 1.82) is 0 Å². The lowest BCUT2D eigenvalue weighted by atomic mass is 9.98. The number of ether oxygens (including phenoxy) is 1. The standard InChI is InChI=1S/C25H27N3O6/c1-15-23(31)26-12-13-28(15)24(32)21(10-11-22(29)30)27-25(33)34-14-20-18-8-4-2-6-16(18)17-7-3-5-9-19(17)20/h2-9,15,20-21H,10-14H2,1H3,(H,26,31)(H,27,33)(H,29,30). The van der Waals surface area contributed by atoms with Crippen LogP contribution in [0.5, 0.6) is 0 Å². The highest BCUT2D eigenvalue weighted by molar-refractivity contribution is 5.92. The van der Waals surface area contributed by atoms with Gasteiger partial charge in [0, 0.05) is 25.4 Å². The normalized spacial score (nSPS) is 17.9. The Kier molecular flexibility index (Phi) is 6.81. The fraction of sp³-hybridized carbons (Fsp3) is 0.360. The van der Waals surface area contributed by atoms with E-state index in [9.17, 15) is 19.2 Å². The number of carboxylic acid groups (broad SMARTS) is 1. The SMILES string of the molecule is CC1C(=O)NCCN1C(=O)C(CCC(=O)O)NC(=O)OCC1c2ccccc2-c2ccccc21. The van der Waals surface area contributed by atoms with Gasteiger partial charge in [-0.05, 0) is 35.6 Å². The van der Waals surface area contributed by atoms with Crippen LogP contribution in [0.1, 0.15) is 36.8 Å². The molecule has 2 aromatic rings. The van der Waals surface area contributed by atoms with Gasteiger partial charge in [-0.15, -0.1) is 0 Å². The number of carbonyl (C=O) groups excluding carboxylic acids is 3. The Balaban J connectivity index is 1.44. The molecule has 9 nitrogen and oxygen atoms in total. The van der Waals surface area contributed by atoms with Crippen molar-refractivity contribution in [3.05, 3.63) is 59.7 Å². The number of carboxylic acids is 1. The topological polar surface area (TPSA) is 125 Å². The summed E-state index contributed by atoms with van der Waals surface area (Å²) >= 11 is 0. The highest BCUT2D eigenvalue weighted by atomic mass is 16.5. The summed E-state index contributed by atoms with van der Waals surface area (Å²) in [5.41, 5.74) is 4.31. The third kappa shape index (κ3) is 4.73. The summed E-state index contributed by atoms with van der Waals surface area (Å²) in [7, 11) is 0. The maximum absolute atomic E-state index is 13.1. The number of hydrogen-bond acceptors (Lipinski definition) is 5. The summed E-state index contributed by atoms with van der Waals surface area (Å²) in [6.07, 6.45) is -1.22. The molecular weight excluding hydrogens is 438 g/mol. The Bertz CT molecular complexity index is 1070. The van der Waals surface area contributed by atoms with Crippen molar-refractivity contribution in [3.8, 4) is 11.1 Å². The van der Waals surface area contributed by atoms with Gasteiger partial charge in [0.1, 0.15) is 18.7 Å². The van der Waals surface area contributed by atoms with Crippen molar-refractivity contribution in [2.75, 3.05) is 19.7 Å². The molecule has 1 saturated heterocycles. The van der Waals surface area contributed by atoms with Gasteiger partial charge in [0.05, 0.1) is 0 Å². The minimum absolute atomic E-state index is 0.0717. The predicted octanol–water partition coefficient (Wildman–Crippen LogP) is 2.11. The van der Waals surface area contributed by atoms with Gasteiger partial charge >= 0.3 is 12.1 Å². The first-order chi connectivity index (χ1) is 16.4. The fourth-order valence-corrected chi connectivity index (χ4v) is 4.59. The number of amides is 3. The largest absolute Gasteiger partial charge is 0.481 e. The van der Waals surface area contributed by atoms with Gasteiger partial charge in [-0.2, -0.15) is 0 Å². The molecule has 0 saturated carbocycles. The summed E-state index contributed by atoms with van der Waals surface area (Å²) in [4.78, 5) is 50.2. The van der Waals surface area contributed by atoms with Crippen molar-refractivity contribution in [1.82, 2.24) is 15.5 Å². The van der Waals surface area contributed by atoms with Gasteiger partial charge in [-0.25, -0.2) is 4.79 Å². The lowest BCUT2D eigenvalue weighted by Crippen LogP contribution is -2.60. The van der Waals surface area contributed by atoms with Crippen molar-refractivity contribution >= 4 is 23.9 Å². The average molecular weight is 466 g/mol. The maximum Gasteiger partial charge on any atom is 0.407 e. The summed E-state index contributed by atoms with van der Waals surface area (Å²) in [6, 6.07) is 14.1. The quantitative estimate of drug-likeness (QED) is 0.575. The van der Waals surface area contributed by atoms with Crippen LogP contribution in [0, 0.1) is 0 Å². The molecule has 1 heterocycles. The second-order valence-electron chi connectivity index (χ2n) is 8.45. The van der Waals surface area contributed by atoms with Gasteiger partial charge in [-0.3, -0.25) is 14.4 Å². The predicted molar refractivity (Wildman–Crippen MR) is 123 cm³/mol. The second kappa shape index (κ2) is 9.94. The van der Waals surface area contributed by atoms with Crippen molar-refractivity contribution < 1.29 is 29.0 Å². The van der Waals surface area contributed by atoms with Crippen LogP contribution in [0.15, 0.2) is 48.5 Å². The molecule has 0 bridgehead atoms. The number of hydrogen-bond donors (Lipinski definition) is 3. The molecule has 0 radical (unpaired) electrons. The molecule has 2 atom stereocenters. The van der Waals surface area contributed by atoms with Crippen LogP contribution in [0.4, 0.5) is 4.79 Å². The molecule has 1 aliphatic carbocycles. The zero-order valence-electron chi connectivity index (χ0n) is 18.8. The van der Waals surface area contributed by atoms with Crippen LogP contribution in [0.25, 0.3) is 11.1 Å². The first-order valence-corrected chi connectivity index (χ1v) is 11.3. The number of nitrogens with one attached hydrogen (secondary N) is 2. The van der Waals surface area contributed by atoms with E-state index in [1.165, 1.54) is 4.90 Å². The van der Waals surface area contributed by atoms with Crippen LogP contribution in [-0.2, 0) is 19.1 Å². The molecular formula is C25H27N3O6. The molecule has 2 unspecified atom stereocenters. The molecule has 2 aliphatic rings.